The van der Waals surface area contributed by atoms with Gasteiger partial charge in [-0.2, -0.15) is 0 Å². The topological polar surface area (TPSA) is 51.1 Å². The number of rotatable bonds is 5. The van der Waals surface area contributed by atoms with E-state index in [-0.39, 0.29) is 11.8 Å². The fraction of sp³-hybridized carbons (Fsp3) is 0.164. The van der Waals surface area contributed by atoms with Crippen molar-refractivity contribution in [3.05, 3.63) is 195 Å². The van der Waals surface area contributed by atoms with Crippen LogP contribution in [0.2, 0.25) is 0 Å². The number of aromatic nitrogens is 1. The van der Waals surface area contributed by atoms with Crippen LogP contribution in [0.4, 0.5) is 0 Å². The Morgan fingerprint density at radius 2 is 1.52 bits per heavy atom. The van der Waals surface area contributed by atoms with Crippen molar-refractivity contribution in [3.8, 4) is 0 Å². The molecule has 5 unspecified atom stereocenters. The third kappa shape index (κ3) is 4.87. The van der Waals surface area contributed by atoms with Crippen LogP contribution in [0.25, 0.3) is 87.8 Å². The molecule has 65 heavy (non-hydrogen) atoms. The molecule has 1 saturated carbocycles. The van der Waals surface area contributed by atoms with Gasteiger partial charge in [-0.05, 0) is 199 Å². The van der Waals surface area contributed by atoms with Crippen molar-refractivity contribution in [1.29, 1.82) is 0 Å². The second-order valence-electron chi connectivity index (χ2n) is 19.3. The van der Waals surface area contributed by atoms with Crippen LogP contribution in [-0.2, 0) is 6.42 Å². The van der Waals surface area contributed by atoms with E-state index in [4.69, 9.17) is 4.67 Å². The summed E-state index contributed by atoms with van der Waals surface area (Å²) in [5, 5.41) is 25.2. The molecule has 0 spiro atoms. The predicted molar refractivity (Wildman–Crippen MR) is 274 cm³/mol. The molecule has 4 heterocycles. The van der Waals surface area contributed by atoms with Gasteiger partial charge in [0.05, 0.1) is 5.57 Å². The fourth-order valence-electron chi connectivity index (χ4n) is 13.5. The van der Waals surface area contributed by atoms with Gasteiger partial charge in [-0.3, -0.25) is 4.98 Å². The lowest BCUT2D eigenvalue weighted by Crippen LogP contribution is -2.40. The Labute approximate surface area is 376 Å². The van der Waals surface area contributed by atoms with Crippen molar-refractivity contribution < 1.29 is 0 Å². The molecule has 2 N–H and O–H groups in total. The molecule has 7 aromatic rings. The first-order valence-electron chi connectivity index (χ1n) is 23.6. The van der Waals surface area contributed by atoms with Gasteiger partial charge in [-0.1, -0.05) is 98.0 Å². The van der Waals surface area contributed by atoms with Crippen LogP contribution in [0.5, 0.6) is 0 Å². The molecule has 5 aliphatic carbocycles. The number of fused-ring (bicyclic) bond motifs is 11. The number of benzene rings is 4. The molecule has 5 atom stereocenters. The van der Waals surface area contributed by atoms with E-state index in [1.54, 1.807) is 0 Å². The first-order chi connectivity index (χ1) is 32.2. The van der Waals surface area contributed by atoms with Gasteiger partial charge in [-0.25, -0.2) is 0 Å². The Hall–Kier alpha value is -7.52. The molecular weight excluding hydrogens is 789 g/mol. The minimum atomic E-state index is 0.125. The number of hydrogen-bond donors (Lipinski definition) is 2. The Bertz CT molecular complexity index is 3950. The summed E-state index contributed by atoms with van der Waals surface area (Å²) < 4.78 is 4.71. The molecule has 15 rings (SSSR count). The molecule has 0 radical (unpaired) electrons. The van der Waals surface area contributed by atoms with E-state index in [2.05, 4.69) is 163 Å². The largest absolute Gasteiger partial charge is 0.387 e. The molecule has 6 aromatic carbocycles. The van der Waals surface area contributed by atoms with E-state index < -0.39 is 0 Å². The van der Waals surface area contributed by atoms with Crippen LogP contribution in [0.1, 0.15) is 35.6 Å². The minimum absolute atomic E-state index is 0.125. The highest BCUT2D eigenvalue weighted by Gasteiger charge is 2.48. The third-order valence-corrected chi connectivity index (χ3v) is 16.3. The Balaban J connectivity index is 1.11. The number of pyridine rings is 1. The van der Waals surface area contributed by atoms with E-state index in [9.17, 15) is 0 Å². The highest BCUT2D eigenvalue weighted by Crippen LogP contribution is 2.58. The SMILES string of the molecule is CC1C2C=CC=C(c3ccc(C4=CC=CNC4)c4c5c6c(c7cc8c9c(c%10cccc(c7cc6c34)c8%10)=C(C3=CC=CNC3)C3C=C(c4cccnc4)C=CC3C=9C3=CC=[N+]=C3)=CCC5)C12. The van der Waals surface area contributed by atoms with Crippen LogP contribution in [0, 0.1) is 29.6 Å². The number of nitrogens with one attached hydrogen (secondary N) is 2. The summed E-state index contributed by atoms with van der Waals surface area (Å²) >= 11 is 0. The molecule has 1 fully saturated rings. The molecule has 1 aromatic heterocycles. The molecule has 4 heteroatoms. The van der Waals surface area contributed by atoms with Crippen molar-refractivity contribution in [2.45, 2.75) is 19.8 Å². The first kappa shape index (κ1) is 35.9. The van der Waals surface area contributed by atoms with Gasteiger partial charge in [0.1, 0.15) is 0 Å². The lowest BCUT2D eigenvalue weighted by Gasteiger charge is -2.34. The van der Waals surface area contributed by atoms with E-state index in [0.717, 1.165) is 31.5 Å². The molecule has 3 aliphatic heterocycles. The van der Waals surface area contributed by atoms with Crippen molar-refractivity contribution >= 4 is 100 Å². The van der Waals surface area contributed by atoms with Gasteiger partial charge in [0.15, 0.2) is 0 Å². The maximum absolute atomic E-state index is 4.71. The highest BCUT2D eigenvalue weighted by molar-refractivity contribution is 6.30. The van der Waals surface area contributed by atoms with Crippen LogP contribution >= 0.6 is 0 Å². The summed E-state index contributed by atoms with van der Waals surface area (Å²) in [7, 11) is 0. The molecule has 308 valence electrons. The van der Waals surface area contributed by atoms with Gasteiger partial charge in [-0.15, -0.1) is 4.67 Å². The van der Waals surface area contributed by atoms with Crippen LogP contribution in [0.3, 0.4) is 0 Å². The smallest absolute Gasteiger partial charge is 0.300 e. The van der Waals surface area contributed by atoms with Gasteiger partial charge in [0, 0.05) is 43.4 Å². The monoisotopic (exact) mass is 833 g/mol. The maximum Gasteiger partial charge on any atom is 0.300 e. The number of allylic oxidation sites excluding steroid dienone is 14. The number of dihydropyridines is 2. The minimum Gasteiger partial charge on any atom is -0.387 e. The summed E-state index contributed by atoms with van der Waals surface area (Å²) in [6, 6.07) is 21.5. The second kappa shape index (κ2) is 13.3. The van der Waals surface area contributed by atoms with E-state index >= 15 is 0 Å². The highest BCUT2D eigenvalue weighted by atomic mass is 14.8. The molecule has 0 amide bonds. The normalized spacial score (nSPS) is 24.4. The lowest BCUT2D eigenvalue weighted by molar-refractivity contribution is 0.685. The van der Waals surface area contributed by atoms with Crippen molar-refractivity contribution in [2.75, 3.05) is 13.1 Å². The number of nitrogens with zero attached hydrogens (tertiary/aromatic N) is 2. The number of hydrogen-bond acceptors (Lipinski definition) is 3. The first-order valence-corrected chi connectivity index (χ1v) is 23.6. The molecule has 0 bridgehead atoms. The molecule has 8 aliphatic rings. The average molecular weight is 834 g/mol. The fourth-order valence-corrected chi connectivity index (χ4v) is 13.5. The Morgan fingerprint density at radius 1 is 0.677 bits per heavy atom. The Kier molecular flexibility index (Phi) is 7.32. The van der Waals surface area contributed by atoms with Crippen LogP contribution in [0.15, 0.2) is 157 Å². The quantitative estimate of drug-likeness (QED) is 0.134. The average Bonchev–Trinajstić information content (AvgIpc) is 3.70. The number of aryl methyl sites for hydroxylation is 1. The zero-order valence-electron chi connectivity index (χ0n) is 36.2. The van der Waals surface area contributed by atoms with E-state index in [0.29, 0.717) is 17.8 Å². The van der Waals surface area contributed by atoms with Gasteiger partial charge < -0.3 is 10.6 Å². The van der Waals surface area contributed by atoms with Gasteiger partial charge in [0.25, 0.3) is 12.4 Å². The second-order valence-corrected chi connectivity index (χ2v) is 19.3. The summed E-state index contributed by atoms with van der Waals surface area (Å²) in [4.78, 5) is 4.53. The maximum atomic E-state index is 4.71. The predicted octanol–water partition coefficient (Wildman–Crippen LogP) is 9.46. The molecular formula is C61H45N4+. The summed E-state index contributed by atoms with van der Waals surface area (Å²) in [5.74, 6) is 2.16. The van der Waals surface area contributed by atoms with E-state index in [1.807, 2.05) is 24.7 Å². The van der Waals surface area contributed by atoms with Gasteiger partial charge >= 0.3 is 0 Å². The Morgan fingerprint density at radius 3 is 2.35 bits per heavy atom. The summed E-state index contributed by atoms with van der Waals surface area (Å²) in [6.45, 7) is 4.07. The van der Waals surface area contributed by atoms with Crippen molar-refractivity contribution in [3.63, 3.8) is 0 Å². The zero-order valence-corrected chi connectivity index (χ0v) is 36.2. The van der Waals surface area contributed by atoms with Crippen LogP contribution in [-0.4, -0.2) is 30.5 Å². The molecule has 0 saturated heterocycles. The third-order valence-electron chi connectivity index (χ3n) is 16.3. The van der Waals surface area contributed by atoms with Crippen molar-refractivity contribution in [2.24, 2.45) is 29.6 Å². The standard InChI is InChI=1S/C61H44N4/c1-33-39-11-2-12-41(53(33)39)44-20-19-40(36-9-6-23-63-30-36)58-46-15-3-13-42-49-28-52-57-43(48(49)27-51(56(42)46)59(44)58)14-4-16-47(57)60-55(37-10-7-24-64-31-37)50-26-34(35-8-5-22-62-29-35)17-18-45(50)54(61(52)60)38-21-25-65-32-38/h2,4-14,16-29,32-33,39,45,50,53H,3,15,30-31H2,1H3,(H,63,64,65)/p+1. The zero-order chi connectivity index (χ0) is 42.5. The molecule has 4 nitrogen and oxygen atoms in total. The summed E-state index contributed by atoms with van der Waals surface area (Å²) in [5.41, 5.74) is 14.9. The van der Waals surface area contributed by atoms with E-state index in [1.165, 1.54) is 125 Å². The summed E-state index contributed by atoms with van der Waals surface area (Å²) in [6.07, 6.45) is 42.5. The van der Waals surface area contributed by atoms with Gasteiger partial charge in [0.2, 0.25) is 0 Å². The van der Waals surface area contributed by atoms with Crippen LogP contribution < -0.4 is 31.0 Å². The van der Waals surface area contributed by atoms with Crippen molar-refractivity contribution in [1.82, 2.24) is 20.3 Å². The lowest BCUT2D eigenvalue weighted by atomic mass is 9.68.